The molecule has 0 radical (unpaired) electrons. The van der Waals surface area contributed by atoms with E-state index < -0.39 is 17.4 Å². The zero-order valence-corrected chi connectivity index (χ0v) is 18.5. The van der Waals surface area contributed by atoms with Crippen molar-refractivity contribution in [3.8, 4) is 0 Å². The molecule has 0 nitrogen and oxygen atoms in total. The second-order valence-corrected chi connectivity index (χ2v) is 36.8. The summed E-state index contributed by atoms with van der Waals surface area (Å²) >= 11 is -2.94. The van der Waals surface area contributed by atoms with Crippen LogP contribution in [0.4, 0.5) is 0 Å². The molecule has 0 N–H and O–H groups in total. The van der Waals surface area contributed by atoms with Crippen LogP contribution in [-0.4, -0.2) is 6.88 Å². The van der Waals surface area contributed by atoms with Gasteiger partial charge in [-0.2, -0.15) is 0 Å². The van der Waals surface area contributed by atoms with E-state index in [0.29, 0.717) is 0 Å². The predicted octanol–water partition coefficient (Wildman–Crippen LogP) is 5.35. The fourth-order valence-corrected chi connectivity index (χ4v) is 20.5. The minimum absolute atomic E-state index is 1.24. The number of hydrogen-bond donors (Lipinski definition) is 0. The third-order valence-electron chi connectivity index (χ3n) is 6.13. The first-order valence-corrected chi connectivity index (χ1v) is 21.1. The first-order valence-electron chi connectivity index (χ1n) is 7.77. The van der Waals surface area contributed by atoms with Gasteiger partial charge in [0.05, 0.1) is 0 Å². The molecule has 0 atom stereocenters. The van der Waals surface area contributed by atoms with E-state index in [4.69, 9.17) is 0 Å². The molecule has 0 aromatic heterocycles. The SMILES string of the molecule is CC1=C(C)C(C)=[C]([Zr]([CH3])([CH3])(=[SiH2])[C]2=C(C)C(C)=C(C)C2)C1. The van der Waals surface area contributed by atoms with Gasteiger partial charge in [0, 0.05) is 0 Å². The summed E-state index contributed by atoms with van der Waals surface area (Å²) in [6, 6.07) is 0. The molecule has 0 aromatic rings. The molecule has 0 amide bonds. The number of allylic oxidation sites excluding steroid dienone is 8. The first-order chi connectivity index (χ1) is 8.96. The Labute approximate surface area is 127 Å². The Balaban J connectivity index is 2.61. The van der Waals surface area contributed by atoms with Crippen LogP contribution in [0.15, 0.2) is 40.0 Å². The summed E-state index contributed by atoms with van der Waals surface area (Å²) in [6.07, 6.45) is 2.49. The molecule has 0 bridgehead atoms. The Morgan fingerprint density at radius 3 is 1.15 bits per heavy atom. The van der Waals surface area contributed by atoms with Crippen LogP contribution >= 0.6 is 0 Å². The fourth-order valence-electron chi connectivity index (χ4n) is 4.11. The van der Waals surface area contributed by atoms with Gasteiger partial charge in [0.15, 0.2) is 0 Å². The van der Waals surface area contributed by atoms with Gasteiger partial charge >= 0.3 is 128 Å². The topological polar surface area (TPSA) is 0 Å². The molecule has 0 saturated carbocycles. The van der Waals surface area contributed by atoms with Crippen LogP contribution in [-0.2, 0) is 17.4 Å². The van der Waals surface area contributed by atoms with Gasteiger partial charge < -0.3 is 0 Å². The molecular formula is C18H30SiZr. The molecule has 20 heavy (non-hydrogen) atoms. The van der Waals surface area contributed by atoms with Crippen LogP contribution in [0.25, 0.3) is 0 Å². The summed E-state index contributed by atoms with van der Waals surface area (Å²) in [6.45, 7) is 16.4. The Bertz CT molecular complexity index is 633. The van der Waals surface area contributed by atoms with E-state index in [-0.39, 0.29) is 0 Å². The quantitative estimate of drug-likeness (QED) is 0.579. The van der Waals surface area contributed by atoms with E-state index in [2.05, 4.69) is 57.7 Å². The summed E-state index contributed by atoms with van der Waals surface area (Å²) in [7, 11) is 0. The van der Waals surface area contributed by atoms with Crippen LogP contribution < -0.4 is 0 Å². The van der Waals surface area contributed by atoms with Gasteiger partial charge in [-0.15, -0.1) is 0 Å². The van der Waals surface area contributed by atoms with Gasteiger partial charge in [-0.25, -0.2) is 0 Å². The van der Waals surface area contributed by atoms with E-state index in [1.807, 2.05) is 6.56 Å². The van der Waals surface area contributed by atoms with Crippen molar-refractivity contribution in [2.24, 2.45) is 0 Å². The van der Waals surface area contributed by atoms with Crippen molar-refractivity contribution in [1.29, 1.82) is 0 Å². The van der Waals surface area contributed by atoms with Crippen molar-refractivity contribution in [1.82, 2.24) is 0 Å². The van der Waals surface area contributed by atoms with Gasteiger partial charge in [-0.1, -0.05) is 0 Å². The molecule has 2 heteroatoms. The molecule has 0 aliphatic heterocycles. The Morgan fingerprint density at radius 2 is 0.950 bits per heavy atom. The summed E-state index contributed by atoms with van der Waals surface area (Å²) in [5.74, 6) is 0. The molecule has 110 valence electrons. The number of rotatable bonds is 2. The van der Waals surface area contributed by atoms with Gasteiger partial charge in [0.25, 0.3) is 0 Å². The Morgan fingerprint density at radius 1 is 0.650 bits per heavy atom. The van der Waals surface area contributed by atoms with Crippen molar-refractivity contribution < 1.29 is 17.4 Å². The maximum absolute atomic E-state index is 2.94. The molecule has 2 aliphatic rings. The monoisotopic (exact) mass is 364 g/mol. The van der Waals surface area contributed by atoms with Crippen LogP contribution in [0.5, 0.6) is 0 Å². The van der Waals surface area contributed by atoms with E-state index in [1.165, 1.54) is 12.8 Å². The maximum atomic E-state index is 2.66. The van der Waals surface area contributed by atoms with Crippen LogP contribution in [0.3, 0.4) is 0 Å². The zero-order chi connectivity index (χ0) is 15.5. The standard InChI is InChI=1S/2C8H11.2CH3.H2Si.Zr/c2*1-6-4-5-7(2)8(6)3;;;;/h2*4H2,1-3H3;2*1H3;1H2;. The predicted molar refractivity (Wildman–Crippen MR) is 91.7 cm³/mol. The van der Waals surface area contributed by atoms with Gasteiger partial charge in [0.1, 0.15) is 0 Å². The molecule has 0 spiro atoms. The third kappa shape index (κ3) is 2.28. The van der Waals surface area contributed by atoms with E-state index in [9.17, 15) is 0 Å². The molecule has 0 unspecified atom stereocenters. The van der Waals surface area contributed by atoms with Crippen LogP contribution in [0.2, 0.25) is 9.26 Å². The van der Waals surface area contributed by atoms with Crippen molar-refractivity contribution in [2.75, 3.05) is 0 Å². The Hall–Kier alpha value is 0.0600. The van der Waals surface area contributed by atoms with Crippen molar-refractivity contribution >= 4 is 6.88 Å². The molecule has 0 saturated heterocycles. The summed E-state index contributed by atoms with van der Waals surface area (Å²) < 4.78 is 9.01. The fraction of sp³-hybridized carbons (Fsp3) is 0.556. The number of hydrogen-bond acceptors (Lipinski definition) is 0. The van der Waals surface area contributed by atoms with Crippen molar-refractivity contribution in [3.05, 3.63) is 40.0 Å². The molecule has 0 aromatic carbocycles. The summed E-state index contributed by atoms with van der Waals surface area (Å²) in [5.41, 5.74) is 9.57. The van der Waals surface area contributed by atoms with Gasteiger partial charge in [-0.3, -0.25) is 0 Å². The molecule has 0 heterocycles. The van der Waals surface area contributed by atoms with Crippen molar-refractivity contribution in [2.45, 2.75) is 63.6 Å². The van der Waals surface area contributed by atoms with E-state index in [0.717, 1.165) is 0 Å². The van der Waals surface area contributed by atoms with E-state index in [1.54, 1.807) is 33.4 Å². The second-order valence-electron chi connectivity index (χ2n) is 8.06. The van der Waals surface area contributed by atoms with Crippen LogP contribution in [0.1, 0.15) is 54.4 Å². The third-order valence-corrected chi connectivity index (χ3v) is 23.4. The van der Waals surface area contributed by atoms with Crippen molar-refractivity contribution in [3.63, 3.8) is 0 Å². The van der Waals surface area contributed by atoms with E-state index >= 15 is 0 Å². The first kappa shape index (κ1) is 16.4. The molecule has 2 rings (SSSR count). The Kier molecular flexibility index (Phi) is 3.93. The summed E-state index contributed by atoms with van der Waals surface area (Å²) in [5, 5.41) is 0. The normalized spacial score (nSPS) is 21.9. The zero-order valence-electron chi connectivity index (χ0n) is 14.6. The van der Waals surface area contributed by atoms with Crippen LogP contribution in [0, 0.1) is 0 Å². The molecule has 2 aliphatic carbocycles. The molecule has 0 fully saturated rings. The molecular weight excluding hydrogens is 336 g/mol. The second kappa shape index (κ2) is 4.78. The van der Waals surface area contributed by atoms with Gasteiger partial charge in [0.2, 0.25) is 0 Å². The van der Waals surface area contributed by atoms with Gasteiger partial charge in [-0.05, 0) is 0 Å². The minimum atomic E-state index is -2.94. The average Bonchev–Trinajstić information content (AvgIpc) is 2.75. The summed E-state index contributed by atoms with van der Waals surface area (Å²) in [4.78, 5) is 0. The average molecular weight is 366 g/mol.